The fraction of sp³-hybridized carbons (Fsp3) is 0.286. The molecule has 1 aromatic carbocycles. The number of hydrogen-bond donors (Lipinski definition) is 1. The predicted molar refractivity (Wildman–Crippen MR) is 82.1 cm³/mol. The van der Waals surface area contributed by atoms with Crippen molar-refractivity contribution in [3.63, 3.8) is 0 Å². The lowest BCUT2D eigenvalue weighted by molar-refractivity contribution is -0.131. The van der Waals surface area contributed by atoms with E-state index in [0.29, 0.717) is 18.1 Å². The van der Waals surface area contributed by atoms with Crippen molar-refractivity contribution in [3.05, 3.63) is 48.0 Å². The van der Waals surface area contributed by atoms with E-state index in [4.69, 9.17) is 0 Å². The van der Waals surface area contributed by atoms with Crippen LogP contribution in [0, 0.1) is 0 Å². The van der Waals surface area contributed by atoms with Gasteiger partial charge in [0.25, 0.3) is 0 Å². The van der Waals surface area contributed by atoms with Gasteiger partial charge in [-0.15, -0.1) is 11.8 Å². The van der Waals surface area contributed by atoms with Crippen LogP contribution >= 0.6 is 11.8 Å². The molecule has 3 rings (SSSR count). The van der Waals surface area contributed by atoms with Crippen LogP contribution in [0.4, 0.5) is 0 Å². The first-order chi connectivity index (χ1) is 10.2. The van der Waals surface area contributed by atoms with Crippen molar-refractivity contribution in [2.75, 3.05) is 12.8 Å². The summed E-state index contributed by atoms with van der Waals surface area (Å²) in [7, 11) is 1.76. The predicted octanol–water partition coefficient (Wildman–Crippen LogP) is 1.33. The van der Waals surface area contributed by atoms with Crippen molar-refractivity contribution in [1.82, 2.24) is 20.1 Å². The lowest BCUT2D eigenvalue weighted by atomic mass is 10.2. The normalized spacial score (nSPS) is 17.6. The summed E-state index contributed by atoms with van der Waals surface area (Å²) in [6.07, 6.45) is 1.44. The lowest BCUT2D eigenvalue weighted by Gasteiger charge is -2.17. The van der Waals surface area contributed by atoms with Gasteiger partial charge in [-0.3, -0.25) is 14.9 Å². The van der Waals surface area contributed by atoms with Gasteiger partial charge >= 0.3 is 0 Å². The van der Waals surface area contributed by atoms with E-state index in [1.54, 1.807) is 23.7 Å². The molecule has 0 aliphatic carbocycles. The number of rotatable bonds is 4. The molecule has 1 unspecified atom stereocenters. The number of likely N-dealkylation sites (N-methyl/N-ethyl adjacent to an activating group) is 1. The molecule has 6 nitrogen and oxygen atoms in total. The second-order valence-electron chi connectivity index (χ2n) is 4.75. The summed E-state index contributed by atoms with van der Waals surface area (Å²) in [4.78, 5) is 22.6. The molecule has 0 saturated heterocycles. The Morgan fingerprint density at radius 1 is 1.43 bits per heavy atom. The molecule has 108 valence electrons. The fourth-order valence-electron chi connectivity index (χ4n) is 2.10. The number of amides is 1. The molecule has 1 atom stereocenters. The zero-order valence-corrected chi connectivity index (χ0v) is 12.4. The minimum absolute atomic E-state index is 0.00447. The summed E-state index contributed by atoms with van der Waals surface area (Å²) < 4.78 is 0. The Morgan fingerprint density at radius 3 is 2.95 bits per heavy atom. The van der Waals surface area contributed by atoms with E-state index in [1.165, 1.54) is 6.33 Å². The maximum Gasteiger partial charge on any atom is 0.248 e. The monoisotopic (exact) mass is 301 g/mol. The highest BCUT2D eigenvalue weighted by Crippen LogP contribution is 2.24. The van der Waals surface area contributed by atoms with Gasteiger partial charge in [0.05, 0.1) is 11.6 Å². The molecular formula is C14H15N5OS. The molecule has 7 heteroatoms. The number of aliphatic imine (C=N–C) groups is 1. The van der Waals surface area contributed by atoms with E-state index in [1.807, 2.05) is 30.3 Å². The molecule has 1 N–H and O–H groups in total. The van der Waals surface area contributed by atoms with E-state index in [9.17, 15) is 4.79 Å². The van der Waals surface area contributed by atoms with Gasteiger partial charge in [0.2, 0.25) is 5.91 Å². The summed E-state index contributed by atoms with van der Waals surface area (Å²) in [5.74, 6) is 1.36. The Hall–Kier alpha value is -2.15. The Bertz CT molecular complexity index is 641. The first kappa shape index (κ1) is 13.8. The van der Waals surface area contributed by atoms with Gasteiger partial charge in [0, 0.05) is 18.4 Å². The van der Waals surface area contributed by atoms with Crippen LogP contribution in [-0.2, 0) is 11.3 Å². The first-order valence-corrected chi connectivity index (χ1v) is 7.58. The van der Waals surface area contributed by atoms with Crippen LogP contribution in [0.2, 0.25) is 0 Å². The van der Waals surface area contributed by atoms with Crippen LogP contribution in [0.5, 0.6) is 0 Å². The second kappa shape index (κ2) is 6.09. The van der Waals surface area contributed by atoms with Gasteiger partial charge in [0.1, 0.15) is 18.2 Å². The minimum atomic E-state index is -0.321. The van der Waals surface area contributed by atoms with Crippen LogP contribution in [0.25, 0.3) is 0 Å². The standard InChI is InChI=1S/C14H15N5OS/c1-19(7-12-15-9-16-18-12)14(20)11-8-21-13(17-11)10-5-3-2-4-6-10/h2-6,9,11H,7-8H2,1H3,(H,15,16,18). The smallest absolute Gasteiger partial charge is 0.248 e. The van der Waals surface area contributed by atoms with E-state index in [2.05, 4.69) is 20.2 Å². The Kier molecular flexibility index (Phi) is 4.01. The first-order valence-electron chi connectivity index (χ1n) is 6.59. The molecule has 0 radical (unpaired) electrons. The number of H-pyrrole nitrogens is 1. The van der Waals surface area contributed by atoms with Gasteiger partial charge in [-0.1, -0.05) is 30.3 Å². The summed E-state index contributed by atoms with van der Waals surface area (Å²) in [5, 5.41) is 7.46. The Labute approximate surface area is 126 Å². The number of nitrogens with one attached hydrogen (secondary N) is 1. The summed E-state index contributed by atoms with van der Waals surface area (Å²) >= 11 is 1.62. The van der Waals surface area contributed by atoms with E-state index in [0.717, 1.165) is 10.6 Å². The summed E-state index contributed by atoms with van der Waals surface area (Å²) in [6, 6.07) is 9.62. The van der Waals surface area contributed by atoms with Crippen LogP contribution in [0.15, 0.2) is 41.7 Å². The summed E-state index contributed by atoms with van der Waals surface area (Å²) in [5.41, 5.74) is 1.07. The number of thioether (sulfide) groups is 1. The third-order valence-corrected chi connectivity index (χ3v) is 4.28. The average molecular weight is 301 g/mol. The topological polar surface area (TPSA) is 74.2 Å². The molecule has 0 saturated carbocycles. The van der Waals surface area contributed by atoms with Crippen LogP contribution in [0.3, 0.4) is 0 Å². The third-order valence-electron chi connectivity index (χ3n) is 3.18. The number of benzene rings is 1. The van der Waals surface area contributed by atoms with E-state index < -0.39 is 0 Å². The molecule has 1 aliphatic heterocycles. The van der Waals surface area contributed by atoms with Gasteiger partial charge < -0.3 is 4.90 Å². The highest BCUT2D eigenvalue weighted by Gasteiger charge is 2.28. The van der Waals surface area contributed by atoms with Gasteiger partial charge in [-0.2, -0.15) is 5.10 Å². The Balaban J connectivity index is 1.67. The molecule has 21 heavy (non-hydrogen) atoms. The molecular weight excluding hydrogens is 286 g/mol. The molecule has 0 fully saturated rings. The summed E-state index contributed by atoms with van der Waals surface area (Å²) in [6.45, 7) is 0.413. The zero-order valence-electron chi connectivity index (χ0n) is 11.6. The number of carbonyl (C=O) groups is 1. The quantitative estimate of drug-likeness (QED) is 0.924. The van der Waals surface area contributed by atoms with Crippen molar-refractivity contribution in [2.24, 2.45) is 4.99 Å². The molecule has 1 aromatic heterocycles. The van der Waals surface area contributed by atoms with Crippen molar-refractivity contribution >= 4 is 22.7 Å². The zero-order chi connectivity index (χ0) is 14.7. The fourth-order valence-corrected chi connectivity index (χ4v) is 3.14. The van der Waals surface area contributed by atoms with E-state index in [-0.39, 0.29) is 11.9 Å². The van der Waals surface area contributed by atoms with Crippen molar-refractivity contribution in [3.8, 4) is 0 Å². The van der Waals surface area contributed by atoms with Crippen LogP contribution < -0.4 is 0 Å². The van der Waals surface area contributed by atoms with Crippen LogP contribution in [0.1, 0.15) is 11.4 Å². The lowest BCUT2D eigenvalue weighted by Crippen LogP contribution is -2.35. The number of hydrogen-bond acceptors (Lipinski definition) is 5. The number of carbonyl (C=O) groups excluding carboxylic acids is 1. The third kappa shape index (κ3) is 3.13. The molecule has 1 aliphatic rings. The number of nitrogens with zero attached hydrogens (tertiary/aromatic N) is 4. The van der Waals surface area contributed by atoms with Gasteiger partial charge in [0.15, 0.2) is 0 Å². The number of aromatic amines is 1. The van der Waals surface area contributed by atoms with Gasteiger partial charge in [-0.25, -0.2) is 4.98 Å². The van der Waals surface area contributed by atoms with Crippen molar-refractivity contribution < 1.29 is 4.79 Å². The van der Waals surface area contributed by atoms with Crippen molar-refractivity contribution in [2.45, 2.75) is 12.6 Å². The SMILES string of the molecule is CN(Cc1ncn[nH]1)C(=O)C1CSC(c2ccccc2)=N1. The molecule has 0 bridgehead atoms. The molecule has 2 heterocycles. The largest absolute Gasteiger partial charge is 0.336 e. The van der Waals surface area contributed by atoms with Gasteiger partial charge in [-0.05, 0) is 0 Å². The Morgan fingerprint density at radius 2 is 2.24 bits per heavy atom. The van der Waals surface area contributed by atoms with E-state index >= 15 is 0 Å². The van der Waals surface area contributed by atoms with Crippen LogP contribution in [-0.4, -0.2) is 49.9 Å². The highest BCUT2D eigenvalue weighted by atomic mass is 32.2. The second-order valence-corrected chi connectivity index (χ2v) is 5.76. The average Bonchev–Trinajstić information content (AvgIpc) is 3.18. The molecule has 2 aromatic rings. The molecule has 0 spiro atoms. The highest BCUT2D eigenvalue weighted by molar-refractivity contribution is 8.14. The molecule has 1 amide bonds. The maximum atomic E-state index is 12.4. The number of aromatic nitrogens is 3. The minimum Gasteiger partial charge on any atom is -0.336 e. The van der Waals surface area contributed by atoms with Crippen molar-refractivity contribution in [1.29, 1.82) is 0 Å². The maximum absolute atomic E-state index is 12.4.